The van der Waals surface area contributed by atoms with E-state index in [-0.39, 0.29) is 0 Å². The van der Waals surface area contributed by atoms with Crippen LogP contribution in [0.5, 0.6) is 0 Å². The second-order valence-corrected chi connectivity index (χ2v) is 3.53. The van der Waals surface area contributed by atoms with Gasteiger partial charge in [-0.2, -0.15) is 9.78 Å². The number of imidazole rings is 1. The fourth-order valence-electron chi connectivity index (χ4n) is 1.35. The number of nitrogens with zero attached hydrogens (tertiary/aromatic N) is 5. The summed E-state index contributed by atoms with van der Waals surface area (Å²) < 4.78 is 1.50. The molecule has 0 bridgehead atoms. The summed E-state index contributed by atoms with van der Waals surface area (Å²) in [7, 11) is 0. The van der Waals surface area contributed by atoms with Gasteiger partial charge in [0.2, 0.25) is 5.95 Å². The number of rotatable bonds is 2. The number of nitriles is 1. The van der Waals surface area contributed by atoms with Gasteiger partial charge in [0.25, 0.3) is 0 Å². The molecule has 0 atom stereocenters. The molecule has 0 amide bonds. The van der Waals surface area contributed by atoms with E-state index >= 15 is 0 Å². The highest BCUT2D eigenvalue weighted by atomic mass is 15.3. The minimum atomic E-state index is 0.422. The molecule has 6 heteroatoms. The van der Waals surface area contributed by atoms with Crippen molar-refractivity contribution in [3.8, 4) is 6.07 Å². The zero-order valence-electron chi connectivity index (χ0n) is 7.88. The van der Waals surface area contributed by atoms with Crippen LogP contribution in [0, 0.1) is 11.3 Å². The maximum atomic E-state index is 8.82. The maximum absolute atomic E-state index is 8.82. The van der Waals surface area contributed by atoms with Gasteiger partial charge in [0.05, 0.1) is 12.4 Å². The highest BCUT2D eigenvalue weighted by Gasteiger charge is 2.22. The molecule has 0 spiro atoms. The summed E-state index contributed by atoms with van der Waals surface area (Å²) in [5, 5.41) is 16.2. The predicted molar refractivity (Wildman–Crippen MR) is 52.1 cm³/mol. The molecule has 1 aliphatic carbocycles. The zero-order chi connectivity index (χ0) is 10.3. The second kappa shape index (κ2) is 2.92. The van der Waals surface area contributed by atoms with E-state index in [0.29, 0.717) is 23.3 Å². The van der Waals surface area contributed by atoms with Gasteiger partial charge in [-0.15, -0.1) is 5.10 Å². The quantitative estimate of drug-likeness (QED) is 0.766. The Hall–Kier alpha value is -2.16. The van der Waals surface area contributed by atoms with E-state index in [1.807, 2.05) is 6.07 Å². The third-order valence-corrected chi connectivity index (χ3v) is 2.29. The van der Waals surface area contributed by atoms with Crippen LogP contribution in [0.2, 0.25) is 0 Å². The Bertz CT molecular complexity index is 547. The van der Waals surface area contributed by atoms with Gasteiger partial charge in [-0.25, -0.2) is 9.97 Å². The SMILES string of the molecule is N#Cc1cnc2cnc(NC3CC3)nn12. The van der Waals surface area contributed by atoms with Crippen molar-refractivity contribution in [1.29, 1.82) is 5.26 Å². The van der Waals surface area contributed by atoms with E-state index in [4.69, 9.17) is 5.26 Å². The largest absolute Gasteiger partial charge is 0.350 e. The summed E-state index contributed by atoms with van der Waals surface area (Å²) in [6, 6.07) is 2.53. The molecule has 2 heterocycles. The molecule has 74 valence electrons. The van der Waals surface area contributed by atoms with Gasteiger partial charge in [-0.3, -0.25) is 0 Å². The summed E-state index contributed by atoms with van der Waals surface area (Å²) >= 11 is 0. The van der Waals surface area contributed by atoms with E-state index in [1.54, 1.807) is 6.20 Å². The maximum Gasteiger partial charge on any atom is 0.241 e. The first-order valence-corrected chi connectivity index (χ1v) is 4.74. The molecule has 6 nitrogen and oxygen atoms in total. The molecule has 0 saturated heterocycles. The smallest absolute Gasteiger partial charge is 0.241 e. The summed E-state index contributed by atoms with van der Waals surface area (Å²) in [5.74, 6) is 0.555. The third-order valence-electron chi connectivity index (χ3n) is 2.29. The monoisotopic (exact) mass is 200 g/mol. The lowest BCUT2D eigenvalue weighted by molar-refractivity contribution is 0.877. The number of hydrogen-bond acceptors (Lipinski definition) is 5. The number of fused-ring (bicyclic) bond motifs is 1. The van der Waals surface area contributed by atoms with Crippen molar-refractivity contribution in [3.63, 3.8) is 0 Å². The minimum absolute atomic E-state index is 0.422. The molecular weight excluding hydrogens is 192 g/mol. The number of nitrogens with one attached hydrogen (secondary N) is 1. The van der Waals surface area contributed by atoms with Crippen LogP contribution in [0.15, 0.2) is 12.4 Å². The van der Waals surface area contributed by atoms with Crippen LogP contribution in [-0.2, 0) is 0 Å². The van der Waals surface area contributed by atoms with Crippen LogP contribution >= 0.6 is 0 Å². The molecule has 0 radical (unpaired) electrons. The van der Waals surface area contributed by atoms with E-state index in [0.717, 1.165) is 12.8 Å². The summed E-state index contributed by atoms with van der Waals surface area (Å²) in [5.41, 5.74) is 1.01. The molecule has 2 aromatic heterocycles. The Balaban J connectivity index is 2.06. The summed E-state index contributed by atoms with van der Waals surface area (Å²) in [6.07, 6.45) is 5.43. The van der Waals surface area contributed by atoms with Gasteiger partial charge in [-0.05, 0) is 12.8 Å². The standard InChI is InChI=1S/C9H8N6/c10-3-7-4-11-8-5-12-9(14-15(7)8)13-6-1-2-6/h4-6H,1-2H2,(H,13,14). The number of aromatic nitrogens is 4. The average Bonchev–Trinajstić information content (AvgIpc) is 2.97. The van der Waals surface area contributed by atoms with Gasteiger partial charge in [0, 0.05) is 6.04 Å². The lowest BCUT2D eigenvalue weighted by atomic mass is 10.5. The molecular formula is C9H8N6. The van der Waals surface area contributed by atoms with Crippen LogP contribution in [0.1, 0.15) is 18.5 Å². The van der Waals surface area contributed by atoms with Crippen LogP contribution in [0.3, 0.4) is 0 Å². The van der Waals surface area contributed by atoms with Gasteiger partial charge in [0.1, 0.15) is 6.07 Å². The normalized spacial score (nSPS) is 15.1. The van der Waals surface area contributed by atoms with Crippen molar-refractivity contribution < 1.29 is 0 Å². The van der Waals surface area contributed by atoms with Gasteiger partial charge < -0.3 is 5.32 Å². The first-order valence-electron chi connectivity index (χ1n) is 4.74. The Labute approximate surface area is 85.6 Å². The van der Waals surface area contributed by atoms with E-state index in [1.165, 1.54) is 10.7 Å². The molecule has 1 saturated carbocycles. The van der Waals surface area contributed by atoms with Crippen molar-refractivity contribution in [2.24, 2.45) is 0 Å². The molecule has 1 aliphatic rings. The van der Waals surface area contributed by atoms with E-state index in [9.17, 15) is 0 Å². The molecule has 0 unspecified atom stereocenters. The molecule has 0 aromatic carbocycles. The predicted octanol–water partition coefficient (Wildman–Crippen LogP) is 0.570. The first kappa shape index (κ1) is 8.17. The third kappa shape index (κ3) is 1.38. The lowest BCUT2D eigenvalue weighted by Crippen LogP contribution is -2.08. The van der Waals surface area contributed by atoms with Gasteiger partial charge >= 0.3 is 0 Å². The average molecular weight is 200 g/mol. The van der Waals surface area contributed by atoms with Crippen molar-refractivity contribution >= 4 is 11.6 Å². The fraction of sp³-hybridized carbons (Fsp3) is 0.333. The highest BCUT2D eigenvalue weighted by molar-refractivity contribution is 5.42. The minimum Gasteiger partial charge on any atom is -0.350 e. The van der Waals surface area contributed by atoms with Crippen LogP contribution in [-0.4, -0.2) is 25.6 Å². The Morgan fingerprint density at radius 1 is 1.40 bits per heavy atom. The molecule has 1 fully saturated rings. The van der Waals surface area contributed by atoms with Crippen molar-refractivity contribution in [2.75, 3.05) is 5.32 Å². The van der Waals surface area contributed by atoms with Crippen molar-refractivity contribution in [2.45, 2.75) is 18.9 Å². The number of hydrogen-bond donors (Lipinski definition) is 1. The van der Waals surface area contributed by atoms with E-state index < -0.39 is 0 Å². The van der Waals surface area contributed by atoms with E-state index in [2.05, 4.69) is 20.4 Å². The summed E-state index contributed by atoms with van der Waals surface area (Å²) in [4.78, 5) is 8.13. The lowest BCUT2D eigenvalue weighted by Gasteiger charge is -2.01. The number of anilines is 1. The Morgan fingerprint density at radius 2 is 2.27 bits per heavy atom. The van der Waals surface area contributed by atoms with Crippen LogP contribution < -0.4 is 5.32 Å². The second-order valence-electron chi connectivity index (χ2n) is 3.53. The molecule has 2 aromatic rings. The Morgan fingerprint density at radius 3 is 3.00 bits per heavy atom. The van der Waals surface area contributed by atoms with Crippen LogP contribution in [0.4, 0.5) is 5.95 Å². The molecule has 3 rings (SSSR count). The molecule has 1 N–H and O–H groups in total. The first-order chi connectivity index (χ1) is 7.36. The van der Waals surface area contributed by atoms with Gasteiger partial charge in [-0.1, -0.05) is 0 Å². The molecule has 15 heavy (non-hydrogen) atoms. The van der Waals surface area contributed by atoms with Crippen molar-refractivity contribution in [3.05, 3.63) is 18.1 Å². The van der Waals surface area contributed by atoms with Gasteiger partial charge in [0.15, 0.2) is 11.3 Å². The zero-order valence-corrected chi connectivity index (χ0v) is 7.88. The fourth-order valence-corrected chi connectivity index (χ4v) is 1.35. The highest BCUT2D eigenvalue weighted by Crippen LogP contribution is 2.22. The summed E-state index contributed by atoms with van der Waals surface area (Å²) in [6.45, 7) is 0. The molecule has 0 aliphatic heterocycles. The van der Waals surface area contributed by atoms with Crippen molar-refractivity contribution in [1.82, 2.24) is 19.6 Å². The topological polar surface area (TPSA) is 78.9 Å². The Kier molecular flexibility index (Phi) is 1.59. The van der Waals surface area contributed by atoms with Crippen LogP contribution in [0.25, 0.3) is 5.65 Å².